The summed E-state index contributed by atoms with van der Waals surface area (Å²) in [4.78, 5) is 4.67. The average Bonchev–Trinajstić information content (AvgIpc) is 3.19. The van der Waals surface area contributed by atoms with E-state index in [0.29, 0.717) is 18.1 Å². The van der Waals surface area contributed by atoms with Gasteiger partial charge in [0.1, 0.15) is 5.75 Å². The lowest BCUT2D eigenvalue weighted by atomic mass is 10.1. The average molecular weight is 335 g/mol. The first kappa shape index (κ1) is 15.2. The largest absolute Gasteiger partial charge is 0.496 e. The Morgan fingerprint density at radius 2 is 2.00 bits per heavy atom. The molecule has 0 aliphatic heterocycles. The molecule has 126 valence electrons. The van der Waals surface area contributed by atoms with Crippen molar-refractivity contribution < 1.29 is 9.37 Å². The molecule has 0 atom stereocenters. The van der Waals surface area contributed by atoms with Crippen LogP contribution < -0.4 is 10.5 Å². The van der Waals surface area contributed by atoms with Crippen molar-refractivity contribution in [3.05, 3.63) is 53.6 Å². The molecule has 4 rings (SSSR count). The molecule has 7 heteroatoms. The molecule has 7 nitrogen and oxygen atoms in total. The number of nitrogen functional groups attached to an aromatic ring is 1. The lowest BCUT2D eigenvalue weighted by molar-refractivity contribution is 0.310. The molecular formula is C18H17N5O2. The van der Waals surface area contributed by atoms with Crippen LogP contribution in [-0.4, -0.2) is 27.0 Å². The highest BCUT2D eigenvalue weighted by Crippen LogP contribution is 2.29. The van der Waals surface area contributed by atoms with Crippen LogP contribution in [0.1, 0.15) is 11.1 Å². The van der Waals surface area contributed by atoms with E-state index < -0.39 is 0 Å². The number of aryl methyl sites for hydroxylation is 1. The van der Waals surface area contributed by atoms with Crippen molar-refractivity contribution in [1.29, 1.82) is 0 Å². The Morgan fingerprint density at radius 1 is 1.16 bits per heavy atom. The highest BCUT2D eigenvalue weighted by Gasteiger charge is 2.20. The maximum absolute atomic E-state index is 5.89. The normalized spacial score (nSPS) is 11.1. The predicted octanol–water partition coefficient (Wildman–Crippen LogP) is 3.03. The zero-order chi connectivity index (χ0) is 17.4. The Bertz CT molecular complexity index is 1050. The van der Waals surface area contributed by atoms with Crippen LogP contribution in [0.15, 0.2) is 47.1 Å². The number of benzene rings is 2. The Hall–Kier alpha value is -3.35. The fourth-order valence-corrected chi connectivity index (χ4v) is 2.97. The summed E-state index contributed by atoms with van der Waals surface area (Å²) in [5.41, 5.74) is 10.4. The van der Waals surface area contributed by atoms with Gasteiger partial charge in [0.25, 0.3) is 0 Å². The highest BCUT2D eigenvalue weighted by atomic mass is 16.6. The Morgan fingerprint density at radius 3 is 2.76 bits per heavy atom. The number of imidazole rings is 1. The molecule has 2 aromatic heterocycles. The third-order valence-corrected chi connectivity index (χ3v) is 4.14. The molecule has 0 radical (unpaired) electrons. The number of methoxy groups -OCH3 is 1. The number of nitrogens with two attached hydrogens (primary N) is 1. The van der Waals surface area contributed by atoms with Crippen LogP contribution in [0.25, 0.3) is 22.6 Å². The fraction of sp³-hybridized carbons (Fsp3) is 0.167. The second-order valence-electron chi connectivity index (χ2n) is 5.82. The van der Waals surface area contributed by atoms with Gasteiger partial charge < -0.3 is 15.0 Å². The van der Waals surface area contributed by atoms with Gasteiger partial charge in [-0.05, 0) is 35.4 Å². The molecule has 0 unspecified atom stereocenters. The van der Waals surface area contributed by atoms with E-state index in [1.165, 1.54) is 0 Å². The Balaban J connectivity index is 1.92. The molecule has 0 amide bonds. The minimum Gasteiger partial charge on any atom is -0.496 e. The second kappa shape index (κ2) is 5.94. The van der Waals surface area contributed by atoms with E-state index >= 15 is 0 Å². The van der Waals surface area contributed by atoms with Crippen LogP contribution in [0.5, 0.6) is 5.75 Å². The predicted molar refractivity (Wildman–Crippen MR) is 94.3 cm³/mol. The van der Waals surface area contributed by atoms with Crippen molar-refractivity contribution in [2.24, 2.45) is 0 Å². The molecule has 0 bridgehead atoms. The van der Waals surface area contributed by atoms with Crippen molar-refractivity contribution in [1.82, 2.24) is 19.9 Å². The zero-order valence-corrected chi connectivity index (χ0v) is 13.9. The van der Waals surface area contributed by atoms with Gasteiger partial charge in [0, 0.05) is 5.56 Å². The second-order valence-corrected chi connectivity index (χ2v) is 5.82. The summed E-state index contributed by atoms with van der Waals surface area (Å²) in [5.74, 6) is 1.65. The molecule has 4 aromatic rings. The van der Waals surface area contributed by atoms with Crippen molar-refractivity contribution in [3.8, 4) is 17.3 Å². The van der Waals surface area contributed by atoms with E-state index in [4.69, 9.17) is 15.1 Å². The molecule has 0 spiro atoms. The third kappa shape index (κ3) is 2.59. The molecular weight excluding hydrogens is 318 g/mol. The van der Waals surface area contributed by atoms with Crippen molar-refractivity contribution in [3.63, 3.8) is 0 Å². The van der Waals surface area contributed by atoms with Crippen LogP contribution in [0.4, 0.5) is 5.82 Å². The molecule has 2 N–H and O–H groups in total. The van der Waals surface area contributed by atoms with Crippen LogP contribution in [0.3, 0.4) is 0 Å². The first-order valence-corrected chi connectivity index (χ1v) is 7.84. The highest BCUT2D eigenvalue weighted by molar-refractivity contribution is 5.81. The minimum absolute atomic E-state index is 0.216. The Kier molecular flexibility index (Phi) is 3.61. The van der Waals surface area contributed by atoms with Gasteiger partial charge >= 0.3 is 0 Å². The number of hydrogen-bond acceptors (Lipinski definition) is 6. The van der Waals surface area contributed by atoms with E-state index in [2.05, 4.69) is 28.3 Å². The summed E-state index contributed by atoms with van der Waals surface area (Å²) in [6.45, 7) is 2.61. The number of rotatable bonds is 4. The maximum Gasteiger partial charge on any atom is 0.199 e. The molecule has 25 heavy (non-hydrogen) atoms. The zero-order valence-electron chi connectivity index (χ0n) is 13.9. The van der Waals surface area contributed by atoms with Gasteiger partial charge in [-0.2, -0.15) is 0 Å². The minimum atomic E-state index is 0.216. The van der Waals surface area contributed by atoms with E-state index in [1.54, 1.807) is 7.11 Å². The fourth-order valence-electron chi connectivity index (χ4n) is 2.97. The molecule has 0 aliphatic carbocycles. The van der Waals surface area contributed by atoms with Gasteiger partial charge in [-0.25, -0.2) is 9.61 Å². The summed E-state index contributed by atoms with van der Waals surface area (Å²) < 4.78 is 12.3. The van der Waals surface area contributed by atoms with Crippen LogP contribution in [-0.2, 0) is 6.54 Å². The van der Waals surface area contributed by atoms with Crippen LogP contribution in [0.2, 0.25) is 0 Å². The van der Waals surface area contributed by atoms with Gasteiger partial charge in [-0.3, -0.25) is 0 Å². The lowest BCUT2D eigenvalue weighted by Gasteiger charge is -2.12. The van der Waals surface area contributed by atoms with E-state index in [-0.39, 0.29) is 5.82 Å². The molecule has 2 heterocycles. The number of nitrogens with zero attached hydrogens (tertiary/aromatic N) is 4. The summed E-state index contributed by atoms with van der Waals surface area (Å²) in [6.07, 6.45) is 0. The summed E-state index contributed by atoms with van der Waals surface area (Å²) in [5, 5.41) is 7.59. The molecule has 0 saturated carbocycles. The molecule has 0 saturated heterocycles. The Labute approximate surface area is 144 Å². The van der Waals surface area contributed by atoms with Gasteiger partial charge in [-0.15, -0.1) is 0 Å². The van der Waals surface area contributed by atoms with Crippen LogP contribution >= 0.6 is 0 Å². The summed E-state index contributed by atoms with van der Waals surface area (Å²) in [6, 6.07) is 14.0. The van der Waals surface area contributed by atoms with Crippen molar-refractivity contribution in [2.45, 2.75) is 13.5 Å². The smallest absolute Gasteiger partial charge is 0.199 e. The van der Waals surface area contributed by atoms with Gasteiger partial charge in [0.2, 0.25) is 0 Å². The number of para-hydroxylation sites is 2. The van der Waals surface area contributed by atoms with E-state index in [1.807, 2.05) is 41.0 Å². The monoisotopic (exact) mass is 335 g/mol. The molecule has 0 aliphatic rings. The standard InChI is InChI=1S/C18H17N5O2/c1-11-7-8-15(24-2)12(9-11)10-23-14-6-4-3-5-13(14)20-18(23)16-17(19)22-25-21-16/h3-9H,10H2,1-2H3,(H2,19,22). The lowest BCUT2D eigenvalue weighted by Crippen LogP contribution is -2.05. The quantitative estimate of drug-likeness (QED) is 0.616. The molecule has 0 fully saturated rings. The maximum atomic E-state index is 5.89. The van der Waals surface area contributed by atoms with E-state index in [0.717, 1.165) is 27.9 Å². The van der Waals surface area contributed by atoms with Crippen molar-refractivity contribution >= 4 is 16.9 Å². The summed E-state index contributed by atoms with van der Waals surface area (Å²) in [7, 11) is 1.67. The third-order valence-electron chi connectivity index (χ3n) is 4.14. The number of hydrogen-bond donors (Lipinski definition) is 1. The van der Waals surface area contributed by atoms with Crippen LogP contribution in [0, 0.1) is 6.92 Å². The van der Waals surface area contributed by atoms with Gasteiger partial charge in [0.15, 0.2) is 17.3 Å². The first-order valence-electron chi connectivity index (χ1n) is 7.84. The molecule has 2 aromatic carbocycles. The van der Waals surface area contributed by atoms with Crippen molar-refractivity contribution in [2.75, 3.05) is 12.8 Å². The van der Waals surface area contributed by atoms with E-state index in [9.17, 15) is 0 Å². The number of ether oxygens (including phenoxy) is 1. The summed E-state index contributed by atoms with van der Waals surface area (Å²) >= 11 is 0. The SMILES string of the molecule is COc1ccc(C)cc1Cn1c(-c2nonc2N)nc2ccccc21. The van der Waals surface area contributed by atoms with Gasteiger partial charge in [-0.1, -0.05) is 29.8 Å². The number of aromatic nitrogens is 4. The number of fused-ring (bicyclic) bond motifs is 1. The topological polar surface area (TPSA) is 92.0 Å². The first-order chi connectivity index (χ1) is 12.2. The number of anilines is 1. The van der Waals surface area contributed by atoms with Gasteiger partial charge in [0.05, 0.1) is 24.7 Å².